The molecule has 0 saturated heterocycles. The van der Waals surface area contributed by atoms with Crippen molar-refractivity contribution in [1.29, 1.82) is 5.26 Å². The lowest BCUT2D eigenvalue weighted by atomic mass is 10.1. The van der Waals surface area contributed by atoms with Crippen LogP contribution in [0.3, 0.4) is 0 Å². The Balaban J connectivity index is 1.26. The van der Waals surface area contributed by atoms with E-state index in [-0.39, 0.29) is 45.1 Å². The summed E-state index contributed by atoms with van der Waals surface area (Å²) >= 11 is 1.50. The van der Waals surface area contributed by atoms with E-state index in [0.717, 1.165) is 67.3 Å². The molecule has 9 aromatic carbocycles. The van der Waals surface area contributed by atoms with Crippen LogP contribution in [0.5, 0.6) is 0 Å². The summed E-state index contributed by atoms with van der Waals surface area (Å²) in [6, 6.07) is 52.2. The lowest BCUT2D eigenvalue weighted by Crippen LogP contribution is -2.17. The minimum atomic E-state index is -4.86. The normalized spacial score (nSPS) is 12.9. The van der Waals surface area contributed by atoms with Gasteiger partial charge in [0.15, 0.2) is 11.6 Å². The molecule has 6 aromatic heterocycles. The molecule has 0 aliphatic carbocycles. The highest BCUT2D eigenvalue weighted by molar-refractivity contribution is 7.26. The highest BCUT2D eigenvalue weighted by atomic mass is 32.1. The smallest absolute Gasteiger partial charge is 0.305 e. The molecule has 0 spiro atoms. The molecule has 6 nitrogen and oxygen atoms in total. The summed E-state index contributed by atoms with van der Waals surface area (Å²) in [4.78, 5) is 5.71. The number of aromatic nitrogens is 5. The van der Waals surface area contributed by atoms with Crippen molar-refractivity contribution in [3.05, 3.63) is 210 Å². The lowest BCUT2D eigenvalue weighted by Gasteiger charge is -2.24. The van der Waals surface area contributed by atoms with E-state index in [4.69, 9.17) is 4.98 Å². The van der Waals surface area contributed by atoms with Gasteiger partial charge in [-0.15, -0.1) is 11.3 Å². The molecule has 16 heteroatoms. The van der Waals surface area contributed by atoms with Gasteiger partial charge in [-0.1, -0.05) is 121 Å². The zero-order valence-corrected chi connectivity index (χ0v) is 41.2. The van der Waals surface area contributed by atoms with Gasteiger partial charge in [0, 0.05) is 58.6 Å². The third kappa shape index (κ3) is 6.62. The van der Waals surface area contributed by atoms with Crippen molar-refractivity contribution < 1.29 is 39.5 Å². The standard InChI is InChI=1S/C63H31F9N6S/c64-61(65,66)33-21-24-40-36-11-1-6-16-47(36)75(51(40)29-33)56-46(32-73)57(76-48-17-7-2-12-37(48)41-25-22-34(30-52(41)76)62(67,68)69)60(74-59(56)77-49-18-8-3-13-38(49)42-26-23-35(31-53(42)77)63(70,71)72)78-50-19-9-4-14-39(50)44-27-28-45-43-15-5-10-20-54(43)79-58(45)55(44)78/h1-31H. The molecule has 15 rings (SSSR count). The number of thiophene rings is 1. The van der Waals surface area contributed by atoms with Gasteiger partial charge in [0.05, 0.1) is 65.5 Å². The Morgan fingerprint density at radius 3 is 1.15 bits per heavy atom. The molecule has 0 aliphatic heterocycles. The van der Waals surface area contributed by atoms with Gasteiger partial charge in [0.25, 0.3) is 0 Å². The Bertz CT molecular complexity index is 5190. The van der Waals surface area contributed by atoms with Gasteiger partial charge in [-0.25, -0.2) is 4.98 Å². The Hall–Kier alpha value is -9.59. The van der Waals surface area contributed by atoms with Crippen molar-refractivity contribution in [3.63, 3.8) is 0 Å². The molecule has 0 radical (unpaired) electrons. The summed E-state index contributed by atoms with van der Waals surface area (Å²) in [7, 11) is 0. The predicted octanol–water partition coefficient (Wildman–Crippen LogP) is 18.8. The molecule has 0 unspecified atom stereocenters. The SMILES string of the molecule is N#Cc1c(-n2c3ccccc3c3ccc(C(F)(F)F)cc32)c(-n2c3ccccc3c3ccc(C(F)(F)F)cc32)nc(-n2c3ccccc3c3ccc4c5ccccc5sc4c32)c1-n1c2ccccc2c2ccc(C(F)(F)F)cc21. The molecule has 0 fully saturated rings. The second kappa shape index (κ2) is 16.2. The average Bonchev–Trinajstić information content (AvgIpc) is 3.05. The summed E-state index contributed by atoms with van der Waals surface area (Å²) in [5.41, 5.74) is -1.34. The number of hydrogen-bond donors (Lipinski definition) is 0. The van der Waals surface area contributed by atoms with Crippen LogP contribution >= 0.6 is 11.3 Å². The maximum absolute atomic E-state index is 15.1. The highest BCUT2D eigenvalue weighted by Gasteiger charge is 2.37. The van der Waals surface area contributed by atoms with Gasteiger partial charge in [0.2, 0.25) is 0 Å². The summed E-state index contributed by atoms with van der Waals surface area (Å²) in [6.45, 7) is 0. The van der Waals surface area contributed by atoms with Crippen LogP contribution in [0.25, 0.3) is 130 Å². The maximum Gasteiger partial charge on any atom is 0.416 e. The first kappa shape index (κ1) is 46.7. The largest absolute Gasteiger partial charge is 0.416 e. The fourth-order valence-electron chi connectivity index (χ4n) is 12.0. The van der Waals surface area contributed by atoms with Crippen LogP contribution in [-0.2, 0) is 18.5 Å². The van der Waals surface area contributed by atoms with Gasteiger partial charge in [-0.3, -0.25) is 9.13 Å². The molecular weight excluding hydrogens is 1040 g/mol. The van der Waals surface area contributed by atoms with Crippen molar-refractivity contribution in [2.75, 3.05) is 0 Å². The summed E-state index contributed by atoms with van der Waals surface area (Å²) in [6.07, 6.45) is -14.5. The van der Waals surface area contributed by atoms with E-state index in [1.54, 1.807) is 77.4 Å². The Morgan fingerprint density at radius 2 is 0.696 bits per heavy atom. The van der Waals surface area contributed by atoms with Crippen molar-refractivity contribution in [3.8, 4) is 29.1 Å². The monoisotopic (exact) mass is 1070 g/mol. The summed E-state index contributed by atoms with van der Waals surface area (Å²) < 4.78 is 144. The van der Waals surface area contributed by atoms with Crippen LogP contribution < -0.4 is 0 Å². The number of nitrogens with zero attached hydrogens (tertiary/aromatic N) is 6. The van der Waals surface area contributed by atoms with E-state index >= 15 is 39.5 Å². The van der Waals surface area contributed by atoms with Crippen molar-refractivity contribution in [2.24, 2.45) is 0 Å². The van der Waals surface area contributed by atoms with Gasteiger partial charge in [-0.2, -0.15) is 44.8 Å². The lowest BCUT2D eigenvalue weighted by molar-refractivity contribution is -0.138. The summed E-state index contributed by atoms with van der Waals surface area (Å²) in [5.74, 6) is -0.173. The molecule has 79 heavy (non-hydrogen) atoms. The molecule has 15 aromatic rings. The summed E-state index contributed by atoms with van der Waals surface area (Å²) in [5, 5.41) is 18.3. The fraction of sp³-hybridized carbons (Fsp3) is 0.0476. The molecule has 0 aliphatic rings. The molecule has 0 N–H and O–H groups in total. The molecule has 0 bridgehead atoms. The first-order valence-electron chi connectivity index (χ1n) is 24.7. The van der Waals surface area contributed by atoms with Gasteiger partial charge in [-0.05, 0) is 66.7 Å². The minimum Gasteiger partial charge on any atom is -0.305 e. The number of fused-ring (bicyclic) bond motifs is 16. The second-order valence-corrected chi connectivity index (χ2v) is 20.5. The number of rotatable bonds is 4. The molecular formula is C63H31F9N6S. The Morgan fingerprint density at radius 1 is 0.354 bits per heavy atom. The zero-order valence-electron chi connectivity index (χ0n) is 40.4. The van der Waals surface area contributed by atoms with E-state index in [1.165, 1.54) is 38.7 Å². The third-order valence-electron chi connectivity index (χ3n) is 15.3. The van der Waals surface area contributed by atoms with Gasteiger partial charge < -0.3 is 9.13 Å². The third-order valence-corrected chi connectivity index (χ3v) is 16.5. The first-order chi connectivity index (χ1) is 38.1. The quantitative estimate of drug-likeness (QED) is 0.165. The molecule has 0 atom stereocenters. The first-order valence-corrected chi connectivity index (χ1v) is 25.5. The minimum absolute atomic E-state index is 0.00455. The van der Waals surface area contributed by atoms with Crippen LogP contribution in [0.4, 0.5) is 39.5 Å². The van der Waals surface area contributed by atoms with Crippen LogP contribution in [0.1, 0.15) is 22.3 Å². The average molecular weight is 1080 g/mol. The zero-order chi connectivity index (χ0) is 54.0. The number of benzene rings is 9. The molecule has 382 valence electrons. The Labute approximate surface area is 442 Å². The van der Waals surface area contributed by atoms with E-state index < -0.39 is 35.2 Å². The number of pyridine rings is 1. The predicted molar refractivity (Wildman–Crippen MR) is 294 cm³/mol. The Kier molecular flexibility index (Phi) is 9.59. The van der Waals surface area contributed by atoms with E-state index in [2.05, 4.69) is 6.07 Å². The topological polar surface area (TPSA) is 56.4 Å². The number of alkyl halides is 9. The van der Waals surface area contributed by atoms with E-state index in [9.17, 15) is 5.26 Å². The van der Waals surface area contributed by atoms with Crippen LogP contribution in [0.2, 0.25) is 0 Å². The number of hydrogen-bond acceptors (Lipinski definition) is 3. The van der Waals surface area contributed by atoms with Crippen LogP contribution in [0.15, 0.2) is 188 Å². The second-order valence-electron chi connectivity index (χ2n) is 19.5. The molecule has 0 amide bonds. The van der Waals surface area contributed by atoms with Crippen LogP contribution in [0, 0.1) is 11.3 Å². The van der Waals surface area contributed by atoms with E-state index in [0.29, 0.717) is 59.9 Å². The molecule has 0 saturated carbocycles. The molecule has 6 heterocycles. The number of nitriles is 1. The van der Waals surface area contributed by atoms with Crippen molar-refractivity contribution in [1.82, 2.24) is 23.3 Å². The van der Waals surface area contributed by atoms with Gasteiger partial charge in [0.1, 0.15) is 23.0 Å². The highest BCUT2D eigenvalue weighted by Crippen LogP contribution is 2.49. The van der Waals surface area contributed by atoms with Crippen molar-refractivity contribution >= 4 is 119 Å². The van der Waals surface area contributed by atoms with Gasteiger partial charge >= 0.3 is 18.5 Å². The van der Waals surface area contributed by atoms with Crippen molar-refractivity contribution in [2.45, 2.75) is 18.5 Å². The van der Waals surface area contributed by atoms with Crippen LogP contribution in [-0.4, -0.2) is 23.3 Å². The fourth-order valence-corrected chi connectivity index (χ4v) is 13.2. The maximum atomic E-state index is 15.1. The number of halogens is 9. The number of para-hydroxylation sites is 4. The van der Waals surface area contributed by atoms with E-state index in [1.807, 2.05) is 65.2 Å².